The second-order valence-electron chi connectivity index (χ2n) is 5.35. The van der Waals surface area contributed by atoms with E-state index >= 15 is 0 Å². The maximum absolute atomic E-state index is 11.6. The van der Waals surface area contributed by atoms with E-state index in [1.165, 1.54) is 11.1 Å². The second-order valence-corrected chi connectivity index (χ2v) is 5.78. The fraction of sp³-hybridized carbons (Fsp3) is 0.278. The first-order valence-electron chi connectivity index (χ1n) is 7.21. The van der Waals surface area contributed by atoms with Crippen molar-refractivity contribution in [3.63, 3.8) is 0 Å². The number of hydrogen-bond acceptors (Lipinski definition) is 2. The molecule has 1 saturated carbocycles. The largest absolute Gasteiger partial charge is 0.462 e. The van der Waals surface area contributed by atoms with Gasteiger partial charge in [-0.2, -0.15) is 0 Å². The van der Waals surface area contributed by atoms with Crippen LogP contribution in [0.5, 0.6) is 0 Å². The fourth-order valence-electron chi connectivity index (χ4n) is 2.75. The molecular formula is C18H17ClO2. The smallest absolute Gasteiger partial charge is 0.338 e. The van der Waals surface area contributed by atoms with Crippen molar-refractivity contribution >= 4 is 17.6 Å². The molecule has 2 atom stereocenters. The van der Waals surface area contributed by atoms with Gasteiger partial charge in [-0.15, -0.1) is 0 Å². The van der Waals surface area contributed by atoms with Crippen molar-refractivity contribution in [2.45, 2.75) is 25.2 Å². The third-order valence-electron chi connectivity index (χ3n) is 3.92. The first kappa shape index (κ1) is 14.2. The van der Waals surface area contributed by atoms with Gasteiger partial charge in [-0.25, -0.2) is 4.79 Å². The molecule has 0 unspecified atom stereocenters. The summed E-state index contributed by atoms with van der Waals surface area (Å²) in [7, 11) is 0. The highest BCUT2D eigenvalue weighted by molar-refractivity contribution is 6.30. The van der Waals surface area contributed by atoms with Gasteiger partial charge in [0, 0.05) is 5.02 Å². The molecule has 1 aliphatic carbocycles. The zero-order valence-corrected chi connectivity index (χ0v) is 12.6. The van der Waals surface area contributed by atoms with Crippen LogP contribution < -0.4 is 0 Å². The van der Waals surface area contributed by atoms with Gasteiger partial charge in [0.25, 0.3) is 0 Å². The molecule has 0 amide bonds. The molecule has 0 aliphatic heterocycles. The number of ether oxygens (including phenoxy) is 1. The van der Waals surface area contributed by atoms with Crippen molar-refractivity contribution in [3.8, 4) is 0 Å². The van der Waals surface area contributed by atoms with E-state index in [0.717, 1.165) is 11.4 Å². The Morgan fingerprint density at radius 2 is 1.86 bits per heavy atom. The molecule has 0 bridgehead atoms. The highest BCUT2D eigenvalue weighted by atomic mass is 35.5. The minimum atomic E-state index is -0.258. The first-order valence-corrected chi connectivity index (χ1v) is 7.59. The van der Waals surface area contributed by atoms with Gasteiger partial charge in [-0.3, -0.25) is 0 Å². The molecule has 2 nitrogen and oxygen atoms in total. The zero-order valence-electron chi connectivity index (χ0n) is 11.9. The van der Waals surface area contributed by atoms with Gasteiger partial charge in [-0.1, -0.05) is 35.9 Å². The maximum atomic E-state index is 11.6. The predicted molar refractivity (Wildman–Crippen MR) is 83.9 cm³/mol. The normalized spacial score (nSPS) is 20.1. The Bertz CT molecular complexity index is 649. The topological polar surface area (TPSA) is 26.3 Å². The van der Waals surface area contributed by atoms with Gasteiger partial charge in [0.1, 0.15) is 0 Å². The van der Waals surface area contributed by atoms with E-state index in [9.17, 15) is 4.79 Å². The molecule has 0 saturated heterocycles. The van der Waals surface area contributed by atoms with Crippen molar-refractivity contribution in [1.29, 1.82) is 0 Å². The summed E-state index contributed by atoms with van der Waals surface area (Å²) in [6.07, 6.45) is 1.14. The first-order chi connectivity index (χ1) is 10.2. The van der Waals surface area contributed by atoms with E-state index in [1.54, 1.807) is 0 Å². The molecule has 0 aromatic heterocycles. The Morgan fingerprint density at radius 3 is 2.52 bits per heavy atom. The number of carbonyl (C=O) groups excluding carboxylic acids is 1. The molecule has 108 valence electrons. The summed E-state index contributed by atoms with van der Waals surface area (Å²) in [6, 6.07) is 15.8. The van der Waals surface area contributed by atoms with Crippen LogP contribution in [0.1, 0.15) is 46.7 Å². The van der Waals surface area contributed by atoms with Gasteiger partial charge < -0.3 is 4.74 Å². The van der Waals surface area contributed by atoms with Crippen molar-refractivity contribution in [3.05, 3.63) is 70.2 Å². The van der Waals surface area contributed by atoms with E-state index in [1.807, 2.05) is 49.4 Å². The Balaban J connectivity index is 1.71. The van der Waals surface area contributed by atoms with Crippen LogP contribution >= 0.6 is 11.6 Å². The summed E-state index contributed by atoms with van der Waals surface area (Å²) >= 11 is 6.04. The molecule has 0 heterocycles. The lowest BCUT2D eigenvalue weighted by atomic mass is 10.0. The summed E-state index contributed by atoms with van der Waals surface area (Å²) < 4.78 is 4.99. The second kappa shape index (κ2) is 5.90. The van der Waals surface area contributed by atoms with Crippen LogP contribution in [0, 0.1) is 0 Å². The van der Waals surface area contributed by atoms with Crippen LogP contribution in [0.2, 0.25) is 5.02 Å². The molecule has 2 aromatic rings. The minimum Gasteiger partial charge on any atom is -0.462 e. The predicted octanol–water partition coefficient (Wildman–Crippen LogP) is 4.79. The Kier molecular flexibility index (Phi) is 3.98. The molecule has 0 N–H and O–H groups in total. The molecule has 1 aliphatic rings. The highest BCUT2D eigenvalue weighted by Crippen LogP contribution is 2.54. The van der Waals surface area contributed by atoms with Gasteiger partial charge in [0.2, 0.25) is 0 Å². The van der Waals surface area contributed by atoms with Crippen LogP contribution in [-0.2, 0) is 4.74 Å². The summed E-state index contributed by atoms with van der Waals surface area (Å²) in [6.45, 7) is 2.21. The molecule has 0 radical (unpaired) electrons. The number of halogens is 1. The fourth-order valence-corrected chi connectivity index (χ4v) is 2.95. The number of benzene rings is 2. The quantitative estimate of drug-likeness (QED) is 0.759. The van der Waals surface area contributed by atoms with E-state index in [-0.39, 0.29) is 5.97 Å². The molecular weight excluding hydrogens is 284 g/mol. The molecule has 3 rings (SSSR count). The van der Waals surface area contributed by atoms with Gasteiger partial charge in [0.05, 0.1) is 12.2 Å². The highest BCUT2D eigenvalue weighted by Gasteiger charge is 2.39. The summed E-state index contributed by atoms with van der Waals surface area (Å²) in [5.41, 5.74) is 3.18. The van der Waals surface area contributed by atoms with E-state index in [4.69, 9.17) is 16.3 Å². The van der Waals surface area contributed by atoms with Gasteiger partial charge in [-0.05, 0) is 60.6 Å². The van der Waals surface area contributed by atoms with Crippen LogP contribution in [0.15, 0.2) is 48.5 Å². The lowest BCUT2D eigenvalue weighted by Crippen LogP contribution is -2.04. The average molecular weight is 301 g/mol. The standard InChI is InChI=1S/C18H17ClO2/c1-2-21-18(20)13-8-6-12(7-9-13)16-11-17(16)14-4-3-5-15(19)10-14/h3-10,16-17H,2,11H2,1H3/t16-,17-/m0/s1. The number of rotatable bonds is 4. The summed E-state index contributed by atoms with van der Waals surface area (Å²) in [5.74, 6) is 0.808. The zero-order chi connectivity index (χ0) is 14.8. The van der Waals surface area contributed by atoms with Crippen LogP contribution in [0.3, 0.4) is 0 Å². The van der Waals surface area contributed by atoms with Crippen LogP contribution in [0.25, 0.3) is 0 Å². The van der Waals surface area contributed by atoms with Gasteiger partial charge >= 0.3 is 5.97 Å². The summed E-state index contributed by atoms with van der Waals surface area (Å²) in [5, 5.41) is 0.788. The number of hydrogen-bond donors (Lipinski definition) is 0. The Morgan fingerprint density at radius 1 is 1.14 bits per heavy atom. The summed E-state index contributed by atoms with van der Waals surface area (Å²) in [4.78, 5) is 11.6. The van der Waals surface area contributed by atoms with E-state index in [0.29, 0.717) is 24.0 Å². The van der Waals surface area contributed by atoms with E-state index < -0.39 is 0 Å². The molecule has 21 heavy (non-hydrogen) atoms. The van der Waals surface area contributed by atoms with Gasteiger partial charge in [0.15, 0.2) is 0 Å². The molecule has 0 spiro atoms. The van der Waals surface area contributed by atoms with Crippen molar-refractivity contribution in [2.24, 2.45) is 0 Å². The number of esters is 1. The number of carbonyl (C=O) groups is 1. The lowest BCUT2D eigenvalue weighted by molar-refractivity contribution is 0.0526. The average Bonchev–Trinajstić information content (AvgIpc) is 3.28. The van der Waals surface area contributed by atoms with E-state index in [2.05, 4.69) is 6.07 Å². The lowest BCUT2D eigenvalue weighted by Gasteiger charge is -2.04. The third-order valence-corrected chi connectivity index (χ3v) is 4.15. The van der Waals surface area contributed by atoms with Crippen LogP contribution in [-0.4, -0.2) is 12.6 Å². The molecule has 3 heteroatoms. The molecule has 2 aromatic carbocycles. The monoisotopic (exact) mass is 300 g/mol. The SMILES string of the molecule is CCOC(=O)c1ccc([C@@H]2C[C@H]2c2cccc(Cl)c2)cc1. The van der Waals surface area contributed by atoms with Crippen molar-refractivity contribution in [2.75, 3.05) is 6.61 Å². The third kappa shape index (κ3) is 3.11. The Labute approximate surface area is 129 Å². The molecule has 1 fully saturated rings. The van der Waals surface area contributed by atoms with Crippen molar-refractivity contribution in [1.82, 2.24) is 0 Å². The minimum absolute atomic E-state index is 0.258. The van der Waals surface area contributed by atoms with Crippen molar-refractivity contribution < 1.29 is 9.53 Å². The Hall–Kier alpha value is -1.80. The van der Waals surface area contributed by atoms with Crippen LogP contribution in [0.4, 0.5) is 0 Å². The maximum Gasteiger partial charge on any atom is 0.338 e.